The molecule has 0 spiro atoms. The molecule has 0 aromatic carbocycles. The summed E-state index contributed by atoms with van der Waals surface area (Å²) in [4.78, 5) is 116. The summed E-state index contributed by atoms with van der Waals surface area (Å²) in [6.45, 7) is 21.9. The summed E-state index contributed by atoms with van der Waals surface area (Å²) >= 11 is 0. The molecule has 0 aromatic heterocycles. The first-order valence-electron chi connectivity index (χ1n) is 21.6. The van der Waals surface area contributed by atoms with Gasteiger partial charge in [0.2, 0.25) is 17.7 Å². The lowest BCUT2D eigenvalue weighted by Crippen LogP contribution is -2.52. The highest BCUT2D eigenvalue weighted by Crippen LogP contribution is 2.12. The van der Waals surface area contributed by atoms with Gasteiger partial charge >= 0.3 is 36.6 Å². The topological polar surface area (TPSA) is 319 Å². The highest BCUT2D eigenvalue weighted by atomic mass is 16.6. The molecule has 0 saturated heterocycles. The molecule has 66 heavy (non-hydrogen) atoms. The van der Waals surface area contributed by atoms with E-state index in [1.807, 2.05) is 0 Å². The summed E-state index contributed by atoms with van der Waals surface area (Å²) in [5, 5.41) is 29.3. The molecule has 380 valence electrons. The zero-order valence-electron chi connectivity index (χ0n) is 41.4. The molecule has 0 bridgehead atoms. The first kappa shape index (κ1) is 60.0. The SMILES string of the molecule is CC(C)(C)OC(=O)NCC(CNC(=O)OC(C)(C)C)C(=O)NCCN(CCNC(=O)C(CNC(=O)OC(C)(C)C)CNC(=O)OC(C)(C)C)C(=O)C(CNC(=O)O)CNC(=O)OC(C)(C)C. The molecule has 0 aromatic rings. The number of carbonyl (C=O) groups is 9. The van der Waals surface area contributed by atoms with Crippen LogP contribution in [-0.2, 0) is 38.1 Å². The van der Waals surface area contributed by atoms with Crippen LogP contribution in [0.5, 0.6) is 0 Å². The highest BCUT2D eigenvalue weighted by Gasteiger charge is 2.30. The molecule has 24 nitrogen and oxygen atoms in total. The largest absolute Gasteiger partial charge is 0.465 e. The summed E-state index contributed by atoms with van der Waals surface area (Å²) in [6, 6.07) is 0. The number of hydrogen-bond donors (Lipinski definition) is 9. The maximum Gasteiger partial charge on any atom is 0.407 e. The smallest absolute Gasteiger partial charge is 0.407 e. The Morgan fingerprint density at radius 3 is 0.833 bits per heavy atom. The average Bonchev–Trinajstić information content (AvgIpc) is 3.10. The van der Waals surface area contributed by atoms with Crippen LogP contribution in [0.4, 0.5) is 28.8 Å². The molecular weight excluding hydrogens is 871 g/mol. The standard InChI is InChI=1S/C42H77N9O15/c1-38(2,3)62-33(57)46-20-26(21-47-34(58)63-39(4,5)6)29(52)43-16-18-51(31(54)28(24-45-32(55)56)25-50-37(61)66-42(13,14)15)19-17-44-30(53)27(22-48-35(59)64-40(7,8)9)23-49-36(60)65-41(10,11)12/h26-28,45H,16-25H2,1-15H3,(H,43,52)(H,44,53)(H,46,57)(H,47,58)(H,48,59)(H,49,60)(H,50,61)(H,55,56). The molecule has 0 aliphatic heterocycles. The van der Waals surface area contributed by atoms with Gasteiger partial charge in [0.05, 0.1) is 17.8 Å². The van der Waals surface area contributed by atoms with Gasteiger partial charge in [-0.05, 0) is 104 Å². The van der Waals surface area contributed by atoms with Crippen LogP contribution in [0.15, 0.2) is 0 Å². The molecule has 9 N–H and O–H groups in total. The van der Waals surface area contributed by atoms with Crippen LogP contribution in [0.2, 0.25) is 0 Å². The lowest BCUT2D eigenvalue weighted by molar-refractivity contribution is -0.136. The summed E-state index contributed by atoms with van der Waals surface area (Å²) in [7, 11) is 0. The fraction of sp³-hybridized carbons (Fsp3) is 0.786. The van der Waals surface area contributed by atoms with E-state index in [1.54, 1.807) is 104 Å². The molecule has 1 atom stereocenters. The Morgan fingerprint density at radius 2 is 0.606 bits per heavy atom. The van der Waals surface area contributed by atoms with Gasteiger partial charge in [0.1, 0.15) is 28.0 Å². The number of nitrogens with one attached hydrogen (secondary N) is 8. The van der Waals surface area contributed by atoms with Crippen molar-refractivity contribution in [2.45, 2.75) is 132 Å². The average molecular weight is 948 g/mol. The van der Waals surface area contributed by atoms with Crippen LogP contribution >= 0.6 is 0 Å². The molecule has 0 aliphatic rings. The second-order valence-electron chi connectivity index (χ2n) is 20.1. The van der Waals surface area contributed by atoms with Gasteiger partial charge in [-0.15, -0.1) is 0 Å². The van der Waals surface area contributed by atoms with E-state index in [0.29, 0.717) is 0 Å². The van der Waals surface area contributed by atoms with Crippen molar-refractivity contribution in [1.29, 1.82) is 0 Å². The normalized spacial score (nSPS) is 12.4. The summed E-state index contributed by atoms with van der Waals surface area (Å²) < 4.78 is 26.4. The number of rotatable bonds is 21. The van der Waals surface area contributed by atoms with Crippen molar-refractivity contribution in [1.82, 2.24) is 47.4 Å². The van der Waals surface area contributed by atoms with E-state index >= 15 is 0 Å². The monoisotopic (exact) mass is 948 g/mol. The predicted molar refractivity (Wildman–Crippen MR) is 240 cm³/mol. The Bertz CT molecular complexity index is 1490. The molecule has 9 amide bonds. The van der Waals surface area contributed by atoms with Crippen LogP contribution in [0.25, 0.3) is 0 Å². The van der Waals surface area contributed by atoms with Gasteiger partial charge in [-0.1, -0.05) is 0 Å². The highest BCUT2D eigenvalue weighted by molar-refractivity contribution is 5.83. The zero-order chi connectivity index (χ0) is 51.3. The van der Waals surface area contributed by atoms with Crippen LogP contribution in [0.1, 0.15) is 104 Å². The second kappa shape index (κ2) is 26.9. The summed E-state index contributed by atoms with van der Waals surface area (Å²) in [5.74, 6) is -5.37. The van der Waals surface area contributed by atoms with Gasteiger partial charge in [-0.25, -0.2) is 28.8 Å². The van der Waals surface area contributed by atoms with Gasteiger partial charge in [0.15, 0.2) is 0 Å². The van der Waals surface area contributed by atoms with E-state index in [0.717, 1.165) is 0 Å². The van der Waals surface area contributed by atoms with Gasteiger partial charge in [-0.2, -0.15) is 0 Å². The number of hydrogen-bond acceptors (Lipinski definition) is 14. The van der Waals surface area contributed by atoms with Crippen molar-refractivity contribution < 1.29 is 71.9 Å². The molecular formula is C42H77N9O15. The number of carbonyl (C=O) groups excluding carboxylic acids is 8. The van der Waals surface area contributed by atoms with Crippen molar-refractivity contribution in [3.63, 3.8) is 0 Å². The molecule has 0 rings (SSSR count). The van der Waals surface area contributed by atoms with Gasteiger partial charge in [0, 0.05) is 65.4 Å². The van der Waals surface area contributed by atoms with Gasteiger partial charge in [-0.3, -0.25) is 14.4 Å². The quantitative estimate of drug-likeness (QED) is 0.0748. The molecule has 24 heteroatoms. The van der Waals surface area contributed by atoms with Crippen molar-refractivity contribution in [2.75, 3.05) is 65.4 Å². The molecule has 1 unspecified atom stereocenters. The lowest BCUT2D eigenvalue weighted by atomic mass is 10.1. The van der Waals surface area contributed by atoms with Crippen LogP contribution in [-0.4, -0.2) is 158 Å². The Labute approximate surface area is 388 Å². The van der Waals surface area contributed by atoms with E-state index in [-0.39, 0.29) is 58.9 Å². The van der Waals surface area contributed by atoms with Crippen molar-refractivity contribution in [3.05, 3.63) is 0 Å². The number of amides is 9. The molecule has 0 fully saturated rings. The summed E-state index contributed by atoms with van der Waals surface area (Å²) in [6.07, 6.45) is -5.60. The minimum Gasteiger partial charge on any atom is -0.465 e. The molecule has 0 heterocycles. The third-order valence-electron chi connectivity index (χ3n) is 7.72. The second-order valence-corrected chi connectivity index (χ2v) is 20.1. The Morgan fingerprint density at radius 1 is 0.379 bits per heavy atom. The van der Waals surface area contributed by atoms with Crippen LogP contribution in [0, 0.1) is 17.8 Å². The Hall–Kier alpha value is -5.97. The van der Waals surface area contributed by atoms with Crippen molar-refractivity contribution >= 4 is 54.3 Å². The number of ether oxygens (including phenoxy) is 5. The van der Waals surface area contributed by atoms with Crippen LogP contribution in [0.3, 0.4) is 0 Å². The zero-order valence-corrected chi connectivity index (χ0v) is 41.4. The van der Waals surface area contributed by atoms with Crippen LogP contribution < -0.4 is 42.5 Å². The fourth-order valence-corrected chi connectivity index (χ4v) is 5.08. The van der Waals surface area contributed by atoms with Gasteiger partial charge < -0.3 is 76.2 Å². The van der Waals surface area contributed by atoms with E-state index in [2.05, 4.69) is 42.5 Å². The number of carboxylic acid groups (broad SMARTS) is 1. The Balaban J connectivity index is 6.50. The van der Waals surface area contributed by atoms with E-state index in [4.69, 9.17) is 23.7 Å². The number of nitrogens with zero attached hydrogens (tertiary/aromatic N) is 1. The first-order chi connectivity index (χ1) is 29.9. The Kier molecular flexibility index (Phi) is 24.4. The minimum absolute atomic E-state index is 0.227. The predicted octanol–water partition coefficient (Wildman–Crippen LogP) is 2.79. The maximum absolute atomic E-state index is 14.2. The first-order valence-corrected chi connectivity index (χ1v) is 21.6. The summed E-state index contributed by atoms with van der Waals surface area (Å²) in [5.41, 5.74) is -4.28. The molecule has 0 saturated carbocycles. The molecule has 0 aliphatic carbocycles. The third-order valence-corrected chi connectivity index (χ3v) is 7.72. The van der Waals surface area contributed by atoms with E-state index in [9.17, 15) is 48.3 Å². The van der Waals surface area contributed by atoms with E-state index in [1.165, 1.54) is 4.90 Å². The minimum atomic E-state index is -1.45. The van der Waals surface area contributed by atoms with Crippen molar-refractivity contribution in [2.24, 2.45) is 17.8 Å². The van der Waals surface area contributed by atoms with Gasteiger partial charge in [0.25, 0.3) is 0 Å². The van der Waals surface area contributed by atoms with E-state index < -0.39 is 107 Å². The van der Waals surface area contributed by atoms with Crippen molar-refractivity contribution in [3.8, 4) is 0 Å². The molecule has 0 radical (unpaired) electrons. The lowest BCUT2D eigenvalue weighted by Gasteiger charge is -2.29. The maximum atomic E-state index is 14.2. The number of alkyl carbamates (subject to hydrolysis) is 5. The third kappa shape index (κ3) is 31.8. The fourth-order valence-electron chi connectivity index (χ4n) is 5.08.